The molecule has 222 valence electrons. The topological polar surface area (TPSA) is 0 Å². The van der Waals surface area contributed by atoms with Gasteiger partial charge in [-0.3, -0.25) is 0 Å². The van der Waals surface area contributed by atoms with Crippen molar-refractivity contribution in [2.24, 2.45) is 0 Å². The van der Waals surface area contributed by atoms with Gasteiger partial charge in [0.1, 0.15) is 0 Å². The zero-order chi connectivity index (χ0) is 31.5. The Labute approximate surface area is 276 Å². The van der Waals surface area contributed by atoms with Gasteiger partial charge in [-0.15, -0.1) is 0 Å². The summed E-state index contributed by atoms with van der Waals surface area (Å²) in [6, 6.07) is 62.5. The van der Waals surface area contributed by atoms with Crippen molar-refractivity contribution in [1.82, 2.24) is 0 Å². The molecule has 0 unspecified atom stereocenters. The van der Waals surface area contributed by atoms with Gasteiger partial charge in [0, 0.05) is 5.41 Å². The minimum Gasteiger partial charge on any atom is -0.0622 e. The van der Waals surface area contributed by atoms with Crippen molar-refractivity contribution in [2.75, 3.05) is 0 Å². The molecule has 9 rings (SSSR count). The van der Waals surface area contributed by atoms with E-state index < -0.39 is 0 Å². The lowest BCUT2D eigenvalue weighted by Gasteiger charge is -2.23. The van der Waals surface area contributed by atoms with E-state index in [2.05, 4.69) is 184 Å². The van der Waals surface area contributed by atoms with Crippen molar-refractivity contribution >= 4 is 21.5 Å². The first-order valence-corrected chi connectivity index (χ1v) is 16.5. The second kappa shape index (κ2) is 10.7. The van der Waals surface area contributed by atoms with E-state index in [1.165, 1.54) is 88.3 Å². The van der Waals surface area contributed by atoms with Gasteiger partial charge in [0.15, 0.2) is 0 Å². The first-order chi connectivity index (χ1) is 23.1. The molecule has 0 fully saturated rings. The fourth-order valence-corrected chi connectivity index (χ4v) is 8.03. The van der Waals surface area contributed by atoms with Crippen molar-refractivity contribution < 1.29 is 0 Å². The van der Waals surface area contributed by atoms with E-state index in [0.717, 1.165) is 0 Å². The van der Waals surface area contributed by atoms with Crippen LogP contribution < -0.4 is 0 Å². The maximum atomic E-state index is 2.46. The molecule has 47 heavy (non-hydrogen) atoms. The average Bonchev–Trinajstić information content (AvgIpc) is 3.36. The summed E-state index contributed by atoms with van der Waals surface area (Å²) in [7, 11) is 0. The van der Waals surface area contributed by atoms with Gasteiger partial charge in [-0.05, 0) is 94.4 Å². The number of fused-ring (bicyclic) bond motifs is 5. The van der Waals surface area contributed by atoms with Crippen LogP contribution in [-0.2, 0) is 5.41 Å². The lowest BCUT2D eigenvalue weighted by Crippen LogP contribution is -2.14. The molecule has 1 aliphatic rings. The van der Waals surface area contributed by atoms with Crippen LogP contribution in [0.15, 0.2) is 170 Å². The fourth-order valence-electron chi connectivity index (χ4n) is 8.03. The van der Waals surface area contributed by atoms with E-state index in [1.54, 1.807) is 0 Å². The molecule has 0 spiro atoms. The van der Waals surface area contributed by atoms with Crippen LogP contribution in [0.3, 0.4) is 0 Å². The van der Waals surface area contributed by atoms with E-state index in [4.69, 9.17) is 0 Å². The van der Waals surface area contributed by atoms with Crippen molar-refractivity contribution in [3.8, 4) is 55.6 Å². The number of rotatable bonds is 4. The third kappa shape index (κ3) is 4.29. The third-order valence-corrected chi connectivity index (χ3v) is 10.3. The second-order valence-electron chi connectivity index (χ2n) is 13.3. The van der Waals surface area contributed by atoms with Crippen LogP contribution >= 0.6 is 0 Å². The van der Waals surface area contributed by atoms with Crippen LogP contribution in [-0.4, -0.2) is 0 Å². The molecule has 0 amide bonds. The molecule has 0 radical (unpaired) electrons. The number of benzene rings is 8. The molecular formula is C47H34. The largest absolute Gasteiger partial charge is 0.0622 e. The van der Waals surface area contributed by atoms with Crippen LogP contribution in [0.5, 0.6) is 0 Å². The molecular weight excluding hydrogens is 565 g/mol. The van der Waals surface area contributed by atoms with E-state index in [-0.39, 0.29) is 5.41 Å². The number of hydrogen-bond acceptors (Lipinski definition) is 0. The molecule has 0 saturated heterocycles. The third-order valence-electron chi connectivity index (χ3n) is 10.3. The molecule has 8 aromatic carbocycles. The summed E-state index contributed by atoms with van der Waals surface area (Å²) in [5.41, 5.74) is 15.5. The van der Waals surface area contributed by atoms with Crippen molar-refractivity contribution in [3.05, 3.63) is 181 Å². The first kappa shape index (κ1) is 27.6. The van der Waals surface area contributed by atoms with Gasteiger partial charge in [-0.1, -0.05) is 178 Å². The summed E-state index contributed by atoms with van der Waals surface area (Å²) in [5, 5.41) is 5.13. The molecule has 0 aromatic heterocycles. The lowest BCUT2D eigenvalue weighted by atomic mass is 9.80. The minimum absolute atomic E-state index is 0.0473. The van der Waals surface area contributed by atoms with Gasteiger partial charge in [0.25, 0.3) is 0 Å². The second-order valence-corrected chi connectivity index (χ2v) is 13.3. The fraction of sp³-hybridized carbons (Fsp3) is 0.0638. The summed E-state index contributed by atoms with van der Waals surface area (Å²) >= 11 is 0. The Kier molecular flexibility index (Phi) is 6.27. The Morgan fingerprint density at radius 1 is 0.298 bits per heavy atom. The standard InChI is InChI=1S/C47H34/c1-47(2)43-23-13-12-18-37(43)38-29-28-34(30-44(38)47)46-41-21-10-8-19-39(41)45(40-20-9-11-22-42(40)46)33-26-24-32(25-27-33)36-17-7-6-16-35(36)31-14-4-3-5-15-31/h3-30H,1-2H3. The van der Waals surface area contributed by atoms with Crippen molar-refractivity contribution in [2.45, 2.75) is 19.3 Å². The average molecular weight is 599 g/mol. The summed E-state index contributed by atoms with van der Waals surface area (Å²) < 4.78 is 0. The predicted molar refractivity (Wildman–Crippen MR) is 201 cm³/mol. The van der Waals surface area contributed by atoms with Gasteiger partial charge >= 0.3 is 0 Å². The highest BCUT2D eigenvalue weighted by Crippen LogP contribution is 2.51. The smallest absolute Gasteiger partial charge is 0.0159 e. The van der Waals surface area contributed by atoms with Crippen LogP contribution in [0.2, 0.25) is 0 Å². The Morgan fingerprint density at radius 3 is 1.30 bits per heavy atom. The van der Waals surface area contributed by atoms with Gasteiger partial charge in [0.2, 0.25) is 0 Å². The molecule has 0 saturated carbocycles. The highest BCUT2D eigenvalue weighted by molar-refractivity contribution is 6.21. The Morgan fingerprint density at radius 2 is 0.702 bits per heavy atom. The maximum absolute atomic E-state index is 2.46. The molecule has 8 aromatic rings. The van der Waals surface area contributed by atoms with Crippen molar-refractivity contribution in [1.29, 1.82) is 0 Å². The zero-order valence-electron chi connectivity index (χ0n) is 26.7. The summed E-state index contributed by atoms with van der Waals surface area (Å²) in [6.07, 6.45) is 0. The highest BCUT2D eigenvalue weighted by atomic mass is 14.4. The quantitative estimate of drug-likeness (QED) is 0.177. The van der Waals surface area contributed by atoms with Crippen LogP contribution in [0.4, 0.5) is 0 Å². The number of hydrogen-bond donors (Lipinski definition) is 0. The van der Waals surface area contributed by atoms with E-state index in [0.29, 0.717) is 0 Å². The van der Waals surface area contributed by atoms with Gasteiger partial charge in [-0.25, -0.2) is 0 Å². The molecule has 0 N–H and O–H groups in total. The normalized spacial score (nSPS) is 13.1. The highest BCUT2D eigenvalue weighted by Gasteiger charge is 2.35. The van der Waals surface area contributed by atoms with E-state index in [9.17, 15) is 0 Å². The zero-order valence-corrected chi connectivity index (χ0v) is 26.7. The summed E-state index contributed by atoms with van der Waals surface area (Å²) in [5.74, 6) is 0. The van der Waals surface area contributed by atoms with Crippen molar-refractivity contribution in [3.63, 3.8) is 0 Å². The minimum atomic E-state index is -0.0473. The predicted octanol–water partition coefficient (Wildman–Crippen LogP) is 13.0. The van der Waals surface area contributed by atoms with Gasteiger partial charge in [0.05, 0.1) is 0 Å². The SMILES string of the molecule is CC1(C)c2ccccc2-c2ccc(-c3c4ccccc4c(-c4ccc(-c5ccccc5-c5ccccc5)cc4)c4ccccc34)cc21. The Hall–Kier alpha value is -5.72. The van der Waals surface area contributed by atoms with Crippen LogP contribution in [0.1, 0.15) is 25.0 Å². The van der Waals surface area contributed by atoms with Crippen LogP contribution in [0.25, 0.3) is 77.2 Å². The monoisotopic (exact) mass is 598 g/mol. The van der Waals surface area contributed by atoms with Crippen LogP contribution in [0, 0.1) is 0 Å². The maximum Gasteiger partial charge on any atom is 0.0159 e. The molecule has 1 aliphatic carbocycles. The lowest BCUT2D eigenvalue weighted by molar-refractivity contribution is 0.660. The summed E-state index contributed by atoms with van der Waals surface area (Å²) in [4.78, 5) is 0. The van der Waals surface area contributed by atoms with Gasteiger partial charge in [-0.2, -0.15) is 0 Å². The Bertz CT molecular complexity index is 2400. The molecule has 0 bridgehead atoms. The molecule has 0 heteroatoms. The van der Waals surface area contributed by atoms with E-state index >= 15 is 0 Å². The molecule has 0 aliphatic heterocycles. The molecule has 0 nitrogen and oxygen atoms in total. The summed E-state index contributed by atoms with van der Waals surface area (Å²) in [6.45, 7) is 4.73. The Balaban J connectivity index is 1.22. The first-order valence-electron chi connectivity index (χ1n) is 16.5. The molecule has 0 heterocycles. The molecule has 0 atom stereocenters. The van der Waals surface area contributed by atoms with E-state index in [1.807, 2.05) is 0 Å². The van der Waals surface area contributed by atoms with Gasteiger partial charge < -0.3 is 0 Å².